The maximum atomic E-state index is 5.56. The molecule has 1 aromatic carbocycles. The molecule has 0 bridgehead atoms. The molecule has 98 valence electrons. The zero-order valence-electron chi connectivity index (χ0n) is 11.9. The van der Waals surface area contributed by atoms with Gasteiger partial charge in [0.25, 0.3) is 0 Å². The summed E-state index contributed by atoms with van der Waals surface area (Å²) in [7, 11) is 2.04. The molecule has 0 aliphatic carbocycles. The third-order valence-corrected chi connectivity index (χ3v) is 3.12. The van der Waals surface area contributed by atoms with Crippen molar-refractivity contribution in [1.82, 2.24) is 4.90 Å². The van der Waals surface area contributed by atoms with Gasteiger partial charge in [0.15, 0.2) is 0 Å². The van der Waals surface area contributed by atoms with Gasteiger partial charge in [-0.1, -0.05) is 25.0 Å². The number of terminal acetylenes is 1. The van der Waals surface area contributed by atoms with E-state index in [4.69, 9.17) is 11.2 Å². The van der Waals surface area contributed by atoms with Crippen molar-refractivity contribution < 1.29 is 4.74 Å². The van der Waals surface area contributed by atoms with Crippen LogP contribution in [0.4, 0.5) is 0 Å². The first-order chi connectivity index (χ1) is 8.49. The lowest BCUT2D eigenvalue weighted by Gasteiger charge is -2.30. The second-order valence-electron chi connectivity index (χ2n) is 5.05. The van der Waals surface area contributed by atoms with E-state index in [1.54, 1.807) is 0 Å². The monoisotopic (exact) mass is 245 g/mol. The highest BCUT2D eigenvalue weighted by Gasteiger charge is 2.20. The van der Waals surface area contributed by atoms with E-state index in [1.807, 2.05) is 33.0 Å². The average molecular weight is 245 g/mol. The molecule has 0 amide bonds. The van der Waals surface area contributed by atoms with E-state index in [0.717, 1.165) is 25.3 Å². The lowest BCUT2D eigenvalue weighted by Crippen LogP contribution is -2.38. The lowest BCUT2D eigenvalue weighted by molar-refractivity contribution is 0.205. The van der Waals surface area contributed by atoms with Crippen molar-refractivity contribution in [3.05, 3.63) is 29.8 Å². The molecule has 0 aromatic heterocycles. The largest absolute Gasteiger partial charge is 0.494 e. The van der Waals surface area contributed by atoms with Crippen molar-refractivity contribution in [3.8, 4) is 18.1 Å². The van der Waals surface area contributed by atoms with Gasteiger partial charge in [-0.2, -0.15) is 0 Å². The summed E-state index contributed by atoms with van der Waals surface area (Å²) in [6, 6.07) is 8.21. The number of ether oxygens (including phenoxy) is 1. The summed E-state index contributed by atoms with van der Waals surface area (Å²) < 4.78 is 5.56. The Balaban J connectivity index is 2.61. The number of hydrogen-bond donors (Lipinski definition) is 0. The van der Waals surface area contributed by atoms with Crippen LogP contribution in [0.5, 0.6) is 5.75 Å². The topological polar surface area (TPSA) is 12.5 Å². The molecule has 0 unspecified atom stereocenters. The second kappa shape index (κ2) is 6.47. The fourth-order valence-electron chi connectivity index (χ4n) is 1.49. The summed E-state index contributed by atoms with van der Waals surface area (Å²) in [5.74, 6) is 3.73. The van der Waals surface area contributed by atoms with Gasteiger partial charge in [0.1, 0.15) is 5.75 Å². The Hall–Kier alpha value is -1.46. The molecular weight excluding hydrogens is 222 g/mol. The molecule has 0 atom stereocenters. The van der Waals surface area contributed by atoms with Crippen LogP contribution in [0.25, 0.3) is 0 Å². The zero-order chi connectivity index (χ0) is 13.6. The van der Waals surface area contributed by atoms with Gasteiger partial charge in [0.05, 0.1) is 12.1 Å². The molecule has 1 aromatic rings. The summed E-state index contributed by atoms with van der Waals surface area (Å²) in [6.07, 6.45) is 6.56. The molecule has 0 spiro atoms. The lowest BCUT2D eigenvalue weighted by atomic mass is 10.0. The van der Waals surface area contributed by atoms with Crippen LogP contribution < -0.4 is 4.74 Å². The first kappa shape index (κ1) is 14.6. The van der Waals surface area contributed by atoms with Crippen LogP contribution in [-0.4, -0.2) is 24.1 Å². The van der Waals surface area contributed by atoms with Gasteiger partial charge in [-0.25, -0.2) is 0 Å². The fraction of sp³-hybridized carbons (Fsp3) is 0.500. The molecule has 0 saturated heterocycles. The van der Waals surface area contributed by atoms with E-state index in [1.165, 1.54) is 5.56 Å². The van der Waals surface area contributed by atoms with Gasteiger partial charge in [-0.3, -0.25) is 4.90 Å². The highest BCUT2D eigenvalue weighted by molar-refractivity contribution is 5.27. The van der Waals surface area contributed by atoms with Crippen molar-refractivity contribution in [1.29, 1.82) is 0 Å². The predicted molar refractivity (Wildman–Crippen MR) is 76.6 cm³/mol. The normalized spacial score (nSPS) is 11.3. The quantitative estimate of drug-likeness (QED) is 0.713. The Labute approximate surface area is 111 Å². The Kier molecular flexibility index (Phi) is 5.25. The smallest absolute Gasteiger partial charge is 0.119 e. The molecule has 0 aliphatic rings. The van der Waals surface area contributed by atoms with Gasteiger partial charge < -0.3 is 4.74 Å². The Morgan fingerprint density at radius 1 is 1.28 bits per heavy atom. The molecule has 0 saturated carbocycles. The van der Waals surface area contributed by atoms with Crippen LogP contribution in [0.3, 0.4) is 0 Å². The molecule has 0 heterocycles. The SMILES string of the molecule is C#CC(C)(C)N(C)Cc1ccc(OCCC)cc1. The highest BCUT2D eigenvalue weighted by atomic mass is 16.5. The van der Waals surface area contributed by atoms with Crippen molar-refractivity contribution in [3.63, 3.8) is 0 Å². The first-order valence-electron chi connectivity index (χ1n) is 6.40. The maximum absolute atomic E-state index is 5.56. The molecule has 0 fully saturated rings. The van der Waals surface area contributed by atoms with E-state index < -0.39 is 0 Å². The minimum atomic E-state index is -0.225. The predicted octanol–water partition coefficient (Wildman–Crippen LogP) is 3.32. The minimum absolute atomic E-state index is 0.225. The third-order valence-electron chi connectivity index (χ3n) is 3.12. The molecular formula is C16H23NO. The average Bonchev–Trinajstić information content (AvgIpc) is 2.37. The van der Waals surface area contributed by atoms with Crippen molar-refractivity contribution in [2.45, 2.75) is 39.3 Å². The van der Waals surface area contributed by atoms with Crippen molar-refractivity contribution in [2.75, 3.05) is 13.7 Å². The van der Waals surface area contributed by atoms with Crippen LogP contribution in [0.1, 0.15) is 32.8 Å². The Bertz CT molecular complexity index is 400. The number of hydrogen-bond acceptors (Lipinski definition) is 2. The number of benzene rings is 1. The zero-order valence-corrected chi connectivity index (χ0v) is 11.9. The Morgan fingerprint density at radius 2 is 1.89 bits per heavy atom. The van der Waals surface area contributed by atoms with E-state index in [0.29, 0.717) is 0 Å². The van der Waals surface area contributed by atoms with Gasteiger partial charge >= 0.3 is 0 Å². The second-order valence-corrected chi connectivity index (χ2v) is 5.05. The van der Waals surface area contributed by atoms with Crippen LogP contribution in [0, 0.1) is 12.3 Å². The summed E-state index contributed by atoms with van der Waals surface area (Å²) in [5.41, 5.74) is 1.02. The molecule has 0 aliphatic heterocycles. The molecule has 18 heavy (non-hydrogen) atoms. The highest BCUT2D eigenvalue weighted by Crippen LogP contribution is 2.17. The summed E-state index contributed by atoms with van der Waals surface area (Å²) in [4.78, 5) is 2.16. The van der Waals surface area contributed by atoms with Gasteiger partial charge in [-0.05, 0) is 45.0 Å². The maximum Gasteiger partial charge on any atom is 0.119 e. The van der Waals surface area contributed by atoms with Crippen LogP contribution >= 0.6 is 0 Å². The minimum Gasteiger partial charge on any atom is -0.494 e. The summed E-state index contributed by atoms with van der Waals surface area (Å²) in [6.45, 7) is 7.80. The molecule has 0 N–H and O–H groups in total. The fourth-order valence-corrected chi connectivity index (χ4v) is 1.49. The standard InChI is InChI=1S/C16H23NO/c1-6-12-18-15-10-8-14(9-11-15)13-17(5)16(3,4)7-2/h2,8-11H,6,12-13H2,1,3-5H3. The number of nitrogens with zero attached hydrogens (tertiary/aromatic N) is 1. The van der Waals surface area contributed by atoms with E-state index in [-0.39, 0.29) is 5.54 Å². The molecule has 2 nitrogen and oxygen atoms in total. The van der Waals surface area contributed by atoms with E-state index in [2.05, 4.69) is 29.9 Å². The van der Waals surface area contributed by atoms with Crippen molar-refractivity contribution >= 4 is 0 Å². The van der Waals surface area contributed by atoms with E-state index in [9.17, 15) is 0 Å². The van der Waals surface area contributed by atoms with Gasteiger partial charge in [-0.15, -0.1) is 6.42 Å². The number of rotatable bonds is 6. The van der Waals surface area contributed by atoms with Crippen molar-refractivity contribution in [2.24, 2.45) is 0 Å². The molecule has 1 rings (SSSR count). The van der Waals surface area contributed by atoms with E-state index >= 15 is 0 Å². The summed E-state index contributed by atoms with van der Waals surface area (Å²) >= 11 is 0. The summed E-state index contributed by atoms with van der Waals surface area (Å²) in [5, 5.41) is 0. The van der Waals surface area contributed by atoms with Crippen LogP contribution in [0.2, 0.25) is 0 Å². The molecule has 2 heteroatoms. The first-order valence-corrected chi connectivity index (χ1v) is 6.40. The van der Waals surface area contributed by atoms with Crippen LogP contribution in [-0.2, 0) is 6.54 Å². The van der Waals surface area contributed by atoms with Gasteiger partial charge in [0, 0.05) is 6.54 Å². The third kappa shape index (κ3) is 4.09. The molecule has 0 radical (unpaired) electrons. The van der Waals surface area contributed by atoms with Gasteiger partial charge in [0.2, 0.25) is 0 Å². The van der Waals surface area contributed by atoms with Crippen LogP contribution in [0.15, 0.2) is 24.3 Å². The Morgan fingerprint density at radius 3 is 2.39 bits per heavy atom.